The number of benzene rings is 2. The van der Waals surface area contributed by atoms with Crippen molar-refractivity contribution >= 4 is 11.6 Å². The van der Waals surface area contributed by atoms with Crippen molar-refractivity contribution in [3.8, 4) is 5.75 Å². The Bertz CT molecular complexity index is 625. The third kappa shape index (κ3) is 3.38. The van der Waals surface area contributed by atoms with Crippen LogP contribution in [0.2, 0.25) is 0 Å². The quantitative estimate of drug-likeness (QED) is 0.682. The van der Waals surface area contributed by atoms with E-state index in [0.29, 0.717) is 0 Å². The first kappa shape index (κ1) is 15.8. The van der Waals surface area contributed by atoms with Crippen LogP contribution in [0, 0.1) is 5.82 Å². The first-order chi connectivity index (χ1) is 10.1. The van der Waals surface area contributed by atoms with E-state index in [-0.39, 0.29) is 16.9 Å². The molecule has 0 aliphatic carbocycles. The maximum absolute atomic E-state index is 13.9. The molecular formula is C18H20ClFO. The lowest BCUT2D eigenvalue weighted by Gasteiger charge is -2.16. The molecule has 1 atom stereocenters. The Morgan fingerprint density at radius 2 is 1.86 bits per heavy atom. The van der Waals surface area contributed by atoms with Crippen molar-refractivity contribution in [3.63, 3.8) is 0 Å². The Kier molecular flexibility index (Phi) is 5.24. The second-order valence-electron chi connectivity index (χ2n) is 5.00. The summed E-state index contributed by atoms with van der Waals surface area (Å²) in [6.45, 7) is 4.21. The van der Waals surface area contributed by atoms with Crippen LogP contribution in [0.25, 0.3) is 0 Å². The van der Waals surface area contributed by atoms with Crippen LogP contribution in [0.3, 0.4) is 0 Å². The summed E-state index contributed by atoms with van der Waals surface area (Å²) in [5, 5.41) is -0.355. The SMILES string of the molecule is CCc1ccc(CC)c(C(Cl)c2ccc(OC)c(F)c2)c1. The van der Waals surface area contributed by atoms with Gasteiger partial charge in [-0.25, -0.2) is 4.39 Å². The Morgan fingerprint density at radius 3 is 2.43 bits per heavy atom. The van der Waals surface area contributed by atoms with Crippen LogP contribution in [0.1, 0.15) is 41.5 Å². The van der Waals surface area contributed by atoms with Crippen molar-refractivity contribution in [2.75, 3.05) is 7.11 Å². The van der Waals surface area contributed by atoms with Crippen LogP contribution in [0.4, 0.5) is 4.39 Å². The summed E-state index contributed by atoms with van der Waals surface area (Å²) in [5.74, 6) is -0.147. The second-order valence-corrected chi connectivity index (χ2v) is 5.43. The van der Waals surface area contributed by atoms with Crippen molar-refractivity contribution in [1.29, 1.82) is 0 Å². The molecule has 0 heterocycles. The van der Waals surface area contributed by atoms with Crippen LogP contribution in [0.15, 0.2) is 36.4 Å². The molecule has 2 rings (SSSR count). The standard InChI is InChI=1S/C18H20ClFO/c1-4-12-6-7-13(5-2)15(10-12)18(19)14-8-9-17(21-3)16(20)11-14/h6-11,18H,4-5H2,1-3H3. The molecule has 0 N–H and O–H groups in total. The predicted octanol–water partition coefficient (Wildman–Crippen LogP) is 5.29. The lowest BCUT2D eigenvalue weighted by atomic mass is 9.95. The molecule has 3 heteroatoms. The highest BCUT2D eigenvalue weighted by molar-refractivity contribution is 6.22. The van der Waals surface area contributed by atoms with Gasteiger partial charge in [-0.1, -0.05) is 38.1 Å². The molecule has 0 aliphatic heterocycles. The number of hydrogen-bond donors (Lipinski definition) is 0. The fourth-order valence-electron chi connectivity index (χ4n) is 2.44. The Labute approximate surface area is 130 Å². The van der Waals surface area contributed by atoms with Crippen molar-refractivity contribution < 1.29 is 9.13 Å². The lowest BCUT2D eigenvalue weighted by Crippen LogP contribution is -2.01. The number of alkyl halides is 1. The van der Waals surface area contributed by atoms with E-state index in [1.165, 1.54) is 24.3 Å². The molecule has 0 saturated carbocycles. The molecule has 2 aromatic carbocycles. The molecule has 21 heavy (non-hydrogen) atoms. The first-order valence-electron chi connectivity index (χ1n) is 7.19. The van der Waals surface area contributed by atoms with Gasteiger partial charge in [-0.05, 0) is 47.2 Å². The van der Waals surface area contributed by atoms with Crippen LogP contribution >= 0.6 is 11.6 Å². The molecule has 1 unspecified atom stereocenters. The molecule has 0 fully saturated rings. The number of rotatable bonds is 5. The third-order valence-electron chi connectivity index (χ3n) is 3.74. The highest BCUT2D eigenvalue weighted by atomic mass is 35.5. The van der Waals surface area contributed by atoms with Gasteiger partial charge in [0.25, 0.3) is 0 Å². The number of halogens is 2. The van der Waals surface area contributed by atoms with E-state index in [1.807, 2.05) is 6.07 Å². The predicted molar refractivity (Wildman–Crippen MR) is 85.8 cm³/mol. The smallest absolute Gasteiger partial charge is 0.165 e. The maximum atomic E-state index is 13.9. The Morgan fingerprint density at radius 1 is 1.10 bits per heavy atom. The number of ether oxygens (including phenoxy) is 1. The number of aryl methyl sites for hydroxylation is 2. The molecule has 0 spiro atoms. The Balaban J connectivity index is 2.43. The zero-order valence-electron chi connectivity index (χ0n) is 12.6. The number of hydrogen-bond acceptors (Lipinski definition) is 1. The minimum atomic E-state index is -0.384. The van der Waals surface area contributed by atoms with Crippen molar-refractivity contribution in [2.45, 2.75) is 32.1 Å². The molecule has 0 aromatic heterocycles. The monoisotopic (exact) mass is 306 g/mol. The van der Waals surface area contributed by atoms with Crippen LogP contribution in [-0.4, -0.2) is 7.11 Å². The van der Waals surface area contributed by atoms with E-state index in [1.54, 1.807) is 6.07 Å². The highest BCUT2D eigenvalue weighted by Crippen LogP contribution is 2.34. The fourth-order valence-corrected chi connectivity index (χ4v) is 2.78. The number of methoxy groups -OCH3 is 1. The van der Waals surface area contributed by atoms with E-state index in [4.69, 9.17) is 16.3 Å². The largest absolute Gasteiger partial charge is 0.494 e. The van der Waals surface area contributed by atoms with Gasteiger partial charge in [-0.2, -0.15) is 0 Å². The summed E-state index contributed by atoms with van der Waals surface area (Å²) in [7, 11) is 1.45. The van der Waals surface area contributed by atoms with Crippen molar-refractivity contribution in [3.05, 3.63) is 64.5 Å². The lowest BCUT2D eigenvalue weighted by molar-refractivity contribution is 0.386. The molecule has 0 bridgehead atoms. The van der Waals surface area contributed by atoms with Gasteiger partial charge in [0, 0.05) is 0 Å². The Hall–Kier alpha value is -1.54. The first-order valence-corrected chi connectivity index (χ1v) is 7.63. The summed E-state index contributed by atoms with van der Waals surface area (Å²) in [6, 6.07) is 11.3. The second kappa shape index (κ2) is 6.95. The molecule has 0 saturated heterocycles. The molecule has 0 amide bonds. The summed E-state index contributed by atoms with van der Waals surface area (Å²) in [5.41, 5.74) is 4.24. The van der Waals surface area contributed by atoms with Crippen molar-refractivity contribution in [1.82, 2.24) is 0 Å². The minimum absolute atomic E-state index is 0.237. The molecular weight excluding hydrogens is 287 g/mol. The fraction of sp³-hybridized carbons (Fsp3) is 0.333. The van der Waals surface area contributed by atoms with E-state index < -0.39 is 0 Å². The van der Waals surface area contributed by atoms with Gasteiger partial charge < -0.3 is 4.74 Å². The van der Waals surface area contributed by atoms with E-state index in [2.05, 4.69) is 32.0 Å². The molecule has 0 aliphatic rings. The summed E-state index contributed by atoms with van der Waals surface area (Å²) in [6.07, 6.45) is 1.86. The van der Waals surface area contributed by atoms with Crippen LogP contribution in [-0.2, 0) is 12.8 Å². The van der Waals surface area contributed by atoms with Gasteiger partial charge >= 0.3 is 0 Å². The van der Waals surface area contributed by atoms with Gasteiger partial charge in [0.05, 0.1) is 12.5 Å². The van der Waals surface area contributed by atoms with E-state index >= 15 is 0 Å². The zero-order valence-corrected chi connectivity index (χ0v) is 13.4. The molecule has 1 nitrogen and oxygen atoms in total. The summed E-state index contributed by atoms with van der Waals surface area (Å²) in [4.78, 5) is 0. The maximum Gasteiger partial charge on any atom is 0.165 e. The van der Waals surface area contributed by atoms with Crippen molar-refractivity contribution in [2.24, 2.45) is 0 Å². The van der Waals surface area contributed by atoms with Crippen LogP contribution in [0.5, 0.6) is 5.75 Å². The van der Waals surface area contributed by atoms with Gasteiger partial charge in [0.2, 0.25) is 0 Å². The van der Waals surface area contributed by atoms with Gasteiger partial charge in [-0.15, -0.1) is 11.6 Å². The molecule has 0 radical (unpaired) electrons. The minimum Gasteiger partial charge on any atom is -0.494 e. The average molecular weight is 307 g/mol. The summed E-state index contributed by atoms with van der Waals surface area (Å²) >= 11 is 6.60. The summed E-state index contributed by atoms with van der Waals surface area (Å²) < 4.78 is 18.8. The average Bonchev–Trinajstić information content (AvgIpc) is 2.53. The van der Waals surface area contributed by atoms with Gasteiger partial charge in [0.15, 0.2) is 11.6 Å². The topological polar surface area (TPSA) is 9.23 Å². The van der Waals surface area contributed by atoms with Crippen LogP contribution < -0.4 is 4.74 Å². The highest BCUT2D eigenvalue weighted by Gasteiger charge is 2.16. The molecule has 112 valence electrons. The van der Waals surface area contributed by atoms with Gasteiger partial charge in [-0.3, -0.25) is 0 Å². The zero-order chi connectivity index (χ0) is 15.4. The normalized spacial score (nSPS) is 12.2. The van der Waals surface area contributed by atoms with Gasteiger partial charge in [0.1, 0.15) is 0 Å². The van der Waals surface area contributed by atoms with E-state index in [9.17, 15) is 4.39 Å². The third-order valence-corrected chi connectivity index (χ3v) is 4.23. The molecule has 2 aromatic rings. The van der Waals surface area contributed by atoms with E-state index in [0.717, 1.165) is 24.0 Å².